The second-order valence-electron chi connectivity index (χ2n) is 8.13. The maximum atomic E-state index is 13.0. The van der Waals surface area contributed by atoms with E-state index < -0.39 is 0 Å². The number of benzene rings is 1. The number of pyridine rings is 1. The molecule has 4 heterocycles. The van der Waals surface area contributed by atoms with Gasteiger partial charge in [0.1, 0.15) is 6.54 Å². The first-order valence-electron chi connectivity index (χ1n) is 11.0. The monoisotopic (exact) mass is 466 g/mol. The van der Waals surface area contributed by atoms with Crippen molar-refractivity contribution in [2.45, 2.75) is 45.2 Å². The van der Waals surface area contributed by atoms with E-state index in [0.29, 0.717) is 22.1 Å². The Morgan fingerprint density at radius 2 is 2.03 bits per heavy atom. The van der Waals surface area contributed by atoms with Crippen LogP contribution >= 0.6 is 11.6 Å². The Morgan fingerprint density at radius 3 is 2.82 bits per heavy atom. The topological polar surface area (TPSA) is 98.5 Å². The van der Waals surface area contributed by atoms with E-state index in [1.165, 1.54) is 9.08 Å². The summed E-state index contributed by atoms with van der Waals surface area (Å²) in [6.45, 7) is 2.71. The van der Waals surface area contributed by atoms with Gasteiger partial charge >= 0.3 is 5.69 Å². The Kier molecular flexibility index (Phi) is 5.72. The summed E-state index contributed by atoms with van der Waals surface area (Å²) >= 11 is 5.95. The summed E-state index contributed by atoms with van der Waals surface area (Å²) in [4.78, 5) is 32.3. The number of amides is 1. The molecule has 0 radical (unpaired) electrons. The summed E-state index contributed by atoms with van der Waals surface area (Å²) in [7, 11) is 0. The van der Waals surface area contributed by atoms with E-state index in [9.17, 15) is 9.59 Å². The zero-order valence-electron chi connectivity index (χ0n) is 18.1. The molecule has 1 aliphatic heterocycles. The van der Waals surface area contributed by atoms with Crippen molar-refractivity contribution in [2.24, 2.45) is 0 Å². The van der Waals surface area contributed by atoms with Gasteiger partial charge in [-0.05, 0) is 62.1 Å². The van der Waals surface area contributed by atoms with Gasteiger partial charge in [-0.25, -0.2) is 13.9 Å². The van der Waals surface area contributed by atoms with E-state index in [2.05, 4.69) is 22.2 Å². The highest BCUT2D eigenvalue weighted by Gasteiger charge is 2.26. The number of piperidine rings is 1. The van der Waals surface area contributed by atoms with Crippen molar-refractivity contribution < 1.29 is 9.32 Å². The van der Waals surface area contributed by atoms with Crippen LogP contribution in [0.1, 0.15) is 32.6 Å². The fourth-order valence-electron chi connectivity index (χ4n) is 4.33. The molecule has 0 N–H and O–H groups in total. The van der Waals surface area contributed by atoms with E-state index in [1.54, 1.807) is 42.6 Å². The number of aromatic nitrogens is 5. The molecular formula is C23H23ClN6O3. The van der Waals surface area contributed by atoms with Gasteiger partial charge in [-0.15, -0.1) is 5.10 Å². The molecule has 33 heavy (non-hydrogen) atoms. The number of likely N-dealkylation sites (tertiary alicyclic amines) is 1. The Labute approximate surface area is 194 Å². The lowest BCUT2D eigenvalue weighted by Crippen LogP contribution is -2.45. The molecule has 9 nitrogen and oxygen atoms in total. The lowest BCUT2D eigenvalue weighted by molar-refractivity contribution is -0.135. The highest BCUT2D eigenvalue weighted by molar-refractivity contribution is 6.30. The lowest BCUT2D eigenvalue weighted by atomic mass is 10.00. The standard InChI is InChI=1S/C23H23ClN6O3/c1-2-17-6-3-4-12-28(17)19(31)14-30-23(32)29-13-5-7-18(21(29)26-30)22-25-20(27-33-22)15-8-10-16(24)11-9-15/h5,7-11,13,17H,2-4,6,12,14H2,1H3/t17-/m0/s1. The van der Waals surface area contributed by atoms with Crippen molar-refractivity contribution in [2.75, 3.05) is 6.54 Å². The number of carbonyl (C=O) groups excluding carboxylic acids is 1. The third-order valence-corrected chi connectivity index (χ3v) is 6.32. The lowest BCUT2D eigenvalue weighted by Gasteiger charge is -2.35. The first-order valence-corrected chi connectivity index (χ1v) is 11.4. The Morgan fingerprint density at radius 1 is 1.21 bits per heavy atom. The van der Waals surface area contributed by atoms with Gasteiger partial charge in [0.2, 0.25) is 11.7 Å². The fourth-order valence-corrected chi connectivity index (χ4v) is 4.46. The molecule has 1 aromatic carbocycles. The van der Waals surface area contributed by atoms with E-state index >= 15 is 0 Å². The van der Waals surface area contributed by atoms with Crippen LogP contribution in [-0.4, -0.2) is 47.7 Å². The predicted molar refractivity (Wildman–Crippen MR) is 123 cm³/mol. The molecule has 0 saturated carbocycles. The van der Waals surface area contributed by atoms with Crippen LogP contribution in [-0.2, 0) is 11.3 Å². The molecule has 1 fully saturated rings. The van der Waals surface area contributed by atoms with Crippen LogP contribution in [0.3, 0.4) is 0 Å². The Balaban J connectivity index is 1.46. The summed E-state index contributed by atoms with van der Waals surface area (Å²) in [6, 6.07) is 10.8. The highest BCUT2D eigenvalue weighted by atomic mass is 35.5. The smallest absolute Gasteiger partial charge is 0.338 e. The number of hydrogen-bond acceptors (Lipinski definition) is 6. The normalized spacial score (nSPS) is 16.4. The maximum Gasteiger partial charge on any atom is 0.350 e. The van der Waals surface area contributed by atoms with Crippen LogP contribution in [0.2, 0.25) is 5.02 Å². The summed E-state index contributed by atoms with van der Waals surface area (Å²) in [5.74, 6) is 0.545. The number of fused-ring (bicyclic) bond motifs is 1. The summed E-state index contributed by atoms with van der Waals surface area (Å²) in [5, 5.41) is 9.10. The van der Waals surface area contributed by atoms with Crippen LogP contribution in [0.25, 0.3) is 28.5 Å². The van der Waals surface area contributed by atoms with Gasteiger partial charge in [-0.3, -0.25) is 4.79 Å². The third-order valence-electron chi connectivity index (χ3n) is 6.07. The molecule has 170 valence electrons. The predicted octanol–water partition coefficient (Wildman–Crippen LogP) is 3.66. The van der Waals surface area contributed by atoms with Gasteiger partial charge in [-0.2, -0.15) is 4.98 Å². The quantitative estimate of drug-likeness (QED) is 0.445. The average molecular weight is 467 g/mol. The van der Waals surface area contributed by atoms with E-state index in [1.807, 2.05) is 4.90 Å². The molecule has 3 aromatic heterocycles. The molecule has 1 aliphatic rings. The number of nitrogens with zero attached hydrogens (tertiary/aromatic N) is 6. The Bertz CT molecular complexity index is 1360. The second kappa shape index (κ2) is 8.82. The van der Waals surface area contributed by atoms with Gasteiger partial charge in [0, 0.05) is 29.4 Å². The fraction of sp³-hybridized carbons (Fsp3) is 0.348. The maximum absolute atomic E-state index is 13.0. The Hall–Kier alpha value is -3.46. The number of rotatable bonds is 5. The van der Waals surface area contributed by atoms with E-state index in [0.717, 1.165) is 37.8 Å². The van der Waals surface area contributed by atoms with Crippen LogP contribution in [0.4, 0.5) is 0 Å². The number of hydrogen-bond donors (Lipinski definition) is 0. The van der Waals surface area contributed by atoms with Crippen LogP contribution in [0, 0.1) is 0 Å². The van der Waals surface area contributed by atoms with Gasteiger partial charge in [0.05, 0.1) is 5.56 Å². The second-order valence-corrected chi connectivity index (χ2v) is 8.57. The molecule has 1 amide bonds. The number of halogens is 1. The molecular weight excluding hydrogens is 444 g/mol. The minimum atomic E-state index is -0.386. The minimum absolute atomic E-state index is 0.0866. The zero-order valence-corrected chi connectivity index (χ0v) is 18.9. The third kappa shape index (κ3) is 4.04. The first kappa shape index (κ1) is 21.4. The van der Waals surface area contributed by atoms with Crippen LogP contribution in [0.5, 0.6) is 0 Å². The first-order chi connectivity index (χ1) is 16.0. The summed E-state index contributed by atoms with van der Waals surface area (Å²) in [5.41, 5.74) is 1.23. The molecule has 0 unspecified atom stereocenters. The van der Waals surface area contributed by atoms with Crippen molar-refractivity contribution >= 4 is 23.2 Å². The number of carbonyl (C=O) groups is 1. The molecule has 0 bridgehead atoms. The molecule has 5 rings (SSSR count). The van der Waals surface area contributed by atoms with Gasteiger partial charge in [0.25, 0.3) is 5.89 Å². The molecule has 10 heteroatoms. The van der Waals surface area contributed by atoms with Crippen molar-refractivity contribution in [3.63, 3.8) is 0 Å². The minimum Gasteiger partial charge on any atom is -0.338 e. The molecule has 0 spiro atoms. The molecule has 1 saturated heterocycles. The van der Waals surface area contributed by atoms with Crippen molar-refractivity contribution in [1.29, 1.82) is 0 Å². The van der Waals surface area contributed by atoms with Crippen molar-refractivity contribution in [3.05, 3.63) is 58.1 Å². The van der Waals surface area contributed by atoms with Gasteiger partial charge < -0.3 is 9.42 Å². The molecule has 0 aliphatic carbocycles. The summed E-state index contributed by atoms with van der Waals surface area (Å²) in [6.07, 6.45) is 5.63. The van der Waals surface area contributed by atoms with Gasteiger partial charge in [-0.1, -0.05) is 23.7 Å². The summed E-state index contributed by atoms with van der Waals surface area (Å²) < 4.78 is 8.06. The highest BCUT2D eigenvalue weighted by Crippen LogP contribution is 2.25. The largest absolute Gasteiger partial charge is 0.350 e. The van der Waals surface area contributed by atoms with Crippen molar-refractivity contribution in [1.82, 2.24) is 29.2 Å². The van der Waals surface area contributed by atoms with E-state index in [4.69, 9.17) is 16.1 Å². The van der Waals surface area contributed by atoms with Crippen molar-refractivity contribution in [3.8, 4) is 22.8 Å². The average Bonchev–Trinajstić information content (AvgIpc) is 3.45. The van der Waals surface area contributed by atoms with Crippen LogP contribution in [0.15, 0.2) is 51.9 Å². The molecule has 1 atom stereocenters. The van der Waals surface area contributed by atoms with E-state index in [-0.39, 0.29) is 30.1 Å². The van der Waals surface area contributed by atoms with Gasteiger partial charge in [0.15, 0.2) is 5.65 Å². The molecule has 4 aromatic rings. The van der Waals surface area contributed by atoms with Crippen LogP contribution < -0.4 is 5.69 Å². The SMILES string of the molecule is CC[C@H]1CCCCN1C(=O)Cn1nc2c(-c3nc(-c4ccc(Cl)cc4)no3)cccn2c1=O. The zero-order chi connectivity index (χ0) is 22.9.